The Hall–Kier alpha value is -1.44. The van der Waals surface area contributed by atoms with Crippen LogP contribution in [0.3, 0.4) is 0 Å². The second-order valence-electron chi connectivity index (χ2n) is 6.65. The van der Waals surface area contributed by atoms with E-state index >= 15 is 0 Å². The van der Waals surface area contributed by atoms with Gasteiger partial charge in [0.25, 0.3) is 0 Å². The molecule has 2 aliphatic rings. The van der Waals surface area contributed by atoms with Gasteiger partial charge in [-0.05, 0) is 55.4 Å². The second-order valence-corrected chi connectivity index (χ2v) is 6.65. The van der Waals surface area contributed by atoms with E-state index < -0.39 is 0 Å². The van der Waals surface area contributed by atoms with Gasteiger partial charge in [-0.25, -0.2) is 0 Å². The molecule has 0 amide bonds. The van der Waals surface area contributed by atoms with E-state index in [0.29, 0.717) is 0 Å². The Balaban J connectivity index is 1.62. The minimum Gasteiger partial charge on any atom is -0.493 e. The van der Waals surface area contributed by atoms with Crippen LogP contribution in [0.1, 0.15) is 50.2 Å². The van der Waals surface area contributed by atoms with Crippen molar-refractivity contribution >= 4 is 0 Å². The normalized spacial score (nSPS) is 19.2. The van der Waals surface area contributed by atoms with Gasteiger partial charge < -0.3 is 9.64 Å². The van der Waals surface area contributed by atoms with Gasteiger partial charge in [0.15, 0.2) is 0 Å². The quantitative estimate of drug-likeness (QED) is 0.805. The standard InChI is InChI=1S/C19H27NO/c1-15(2)20-11-10-17-8-9-19(12-18(17)13-20)21-14-16-6-4-3-5-7-16/h8-9,12,16H,1,3-7,10-11,13-14H2,2H3. The largest absolute Gasteiger partial charge is 0.493 e. The fraction of sp³-hybridized carbons (Fsp3) is 0.579. The van der Waals surface area contributed by atoms with Crippen LogP contribution >= 0.6 is 0 Å². The molecular weight excluding hydrogens is 258 g/mol. The summed E-state index contributed by atoms with van der Waals surface area (Å²) in [6.07, 6.45) is 7.97. The van der Waals surface area contributed by atoms with E-state index in [1.807, 2.05) is 0 Å². The fourth-order valence-electron chi connectivity index (χ4n) is 3.52. The maximum Gasteiger partial charge on any atom is 0.119 e. The number of hydrogen-bond acceptors (Lipinski definition) is 2. The highest BCUT2D eigenvalue weighted by molar-refractivity contribution is 5.37. The summed E-state index contributed by atoms with van der Waals surface area (Å²) in [6, 6.07) is 6.65. The van der Waals surface area contributed by atoms with Crippen LogP contribution < -0.4 is 4.74 Å². The molecule has 2 heteroatoms. The molecule has 114 valence electrons. The first-order valence-corrected chi connectivity index (χ1v) is 8.37. The maximum absolute atomic E-state index is 6.07. The van der Waals surface area contributed by atoms with E-state index in [1.165, 1.54) is 43.2 Å². The first-order valence-electron chi connectivity index (χ1n) is 8.37. The summed E-state index contributed by atoms with van der Waals surface area (Å²) in [4.78, 5) is 2.35. The molecule has 0 bridgehead atoms. The van der Waals surface area contributed by atoms with Crippen molar-refractivity contribution in [1.29, 1.82) is 0 Å². The van der Waals surface area contributed by atoms with Gasteiger partial charge in [0.1, 0.15) is 5.75 Å². The molecule has 21 heavy (non-hydrogen) atoms. The molecule has 0 spiro atoms. The second kappa shape index (κ2) is 6.55. The smallest absolute Gasteiger partial charge is 0.119 e. The molecule has 0 aromatic heterocycles. The van der Waals surface area contributed by atoms with Crippen LogP contribution in [0.2, 0.25) is 0 Å². The van der Waals surface area contributed by atoms with E-state index in [9.17, 15) is 0 Å². The van der Waals surface area contributed by atoms with Crippen LogP contribution in [0, 0.1) is 5.92 Å². The number of allylic oxidation sites excluding steroid dienone is 1. The van der Waals surface area contributed by atoms with Gasteiger partial charge in [0.05, 0.1) is 6.61 Å². The number of ether oxygens (including phenoxy) is 1. The van der Waals surface area contributed by atoms with Crippen molar-refractivity contribution < 1.29 is 4.74 Å². The zero-order valence-electron chi connectivity index (χ0n) is 13.2. The van der Waals surface area contributed by atoms with E-state index in [1.54, 1.807) is 0 Å². The van der Waals surface area contributed by atoms with Crippen molar-refractivity contribution in [1.82, 2.24) is 4.90 Å². The van der Waals surface area contributed by atoms with E-state index in [-0.39, 0.29) is 0 Å². The van der Waals surface area contributed by atoms with Crippen molar-refractivity contribution in [2.75, 3.05) is 13.2 Å². The molecule has 1 fully saturated rings. The number of nitrogens with zero attached hydrogens (tertiary/aromatic N) is 1. The van der Waals surface area contributed by atoms with Crippen molar-refractivity contribution in [3.63, 3.8) is 0 Å². The Morgan fingerprint density at radius 1 is 1.24 bits per heavy atom. The first kappa shape index (κ1) is 14.5. The molecule has 0 N–H and O–H groups in total. The molecule has 0 radical (unpaired) electrons. The first-order chi connectivity index (χ1) is 10.2. The van der Waals surface area contributed by atoms with Crippen molar-refractivity contribution in [3.05, 3.63) is 41.6 Å². The summed E-state index contributed by atoms with van der Waals surface area (Å²) in [6.45, 7) is 9.12. The number of hydrogen-bond donors (Lipinski definition) is 0. The summed E-state index contributed by atoms with van der Waals surface area (Å²) in [7, 11) is 0. The third kappa shape index (κ3) is 3.61. The monoisotopic (exact) mass is 285 g/mol. The number of fused-ring (bicyclic) bond motifs is 1. The Labute approximate surface area is 128 Å². The van der Waals surface area contributed by atoms with Crippen LogP contribution in [0.15, 0.2) is 30.5 Å². The summed E-state index contributed by atoms with van der Waals surface area (Å²) in [5.74, 6) is 1.81. The summed E-state index contributed by atoms with van der Waals surface area (Å²) in [5, 5.41) is 0. The van der Waals surface area contributed by atoms with Crippen molar-refractivity contribution in [2.24, 2.45) is 5.92 Å². The predicted molar refractivity (Wildman–Crippen MR) is 87.4 cm³/mol. The van der Waals surface area contributed by atoms with Crippen LogP contribution in [0.25, 0.3) is 0 Å². The lowest BCUT2D eigenvalue weighted by Gasteiger charge is -2.31. The molecule has 2 nitrogen and oxygen atoms in total. The summed E-state index contributed by atoms with van der Waals surface area (Å²) in [5.41, 5.74) is 4.04. The molecule has 1 saturated carbocycles. The Bertz CT molecular complexity index is 502. The molecule has 1 aromatic carbocycles. The molecule has 0 unspecified atom stereocenters. The Kier molecular flexibility index (Phi) is 4.52. The lowest BCUT2D eigenvalue weighted by molar-refractivity contribution is 0.208. The lowest BCUT2D eigenvalue weighted by atomic mass is 9.90. The van der Waals surface area contributed by atoms with Crippen LogP contribution in [0.4, 0.5) is 0 Å². The highest BCUT2D eigenvalue weighted by atomic mass is 16.5. The number of benzene rings is 1. The van der Waals surface area contributed by atoms with Gasteiger partial charge >= 0.3 is 0 Å². The average Bonchev–Trinajstić information content (AvgIpc) is 2.53. The van der Waals surface area contributed by atoms with Crippen LogP contribution in [-0.4, -0.2) is 18.1 Å². The molecule has 0 atom stereocenters. The van der Waals surface area contributed by atoms with E-state index in [2.05, 4.69) is 36.6 Å². The highest BCUT2D eigenvalue weighted by Gasteiger charge is 2.17. The topological polar surface area (TPSA) is 12.5 Å². The highest BCUT2D eigenvalue weighted by Crippen LogP contribution is 2.28. The lowest BCUT2D eigenvalue weighted by Crippen LogP contribution is -2.28. The molecular formula is C19H27NO. The zero-order valence-corrected chi connectivity index (χ0v) is 13.2. The molecule has 1 aliphatic heterocycles. The van der Waals surface area contributed by atoms with Gasteiger partial charge in [-0.3, -0.25) is 0 Å². The molecule has 3 rings (SSSR count). The number of rotatable bonds is 4. The summed E-state index contributed by atoms with van der Waals surface area (Å²) < 4.78 is 6.07. The third-order valence-electron chi connectivity index (χ3n) is 4.94. The van der Waals surface area contributed by atoms with Gasteiger partial charge in [0.2, 0.25) is 0 Å². The minimum atomic E-state index is 0.765. The van der Waals surface area contributed by atoms with E-state index in [4.69, 9.17) is 4.74 Å². The Morgan fingerprint density at radius 3 is 2.81 bits per heavy atom. The van der Waals surface area contributed by atoms with Crippen LogP contribution in [-0.2, 0) is 13.0 Å². The molecule has 1 heterocycles. The zero-order chi connectivity index (χ0) is 14.7. The minimum absolute atomic E-state index is 0.765. The van der Waals surface area contributed by atoms with Crippen LogP contribution in [0.5, 0.6) is 5.75 Å². The van der Waals surface area contributed by atoms with Crippen molar-refractivity contribution in [2.45, 2.75) is 52.0 Å². The van der Waals surface area contributed by atoms with Gasteiger partial charge in [-0.15, -0.1) is 0 Å². The summed E-state index contributed by atoms with van der Waals surface area (Å²) >= 11 is 0. The fourth-order valence-corrected chi connectivity index (χ4v) is 3.52. The molecule has 1 aromatic rings. The SMILES string of the molecule is C=C(C)N1CCc2ccc(OCC3CCCCC3)cc2C1. The van der Waals surface area contributed by atoms with Gasteiger partial charge in [-0.1, -0.05) is 31.9 Å². The van der Waals surface area contributed by atoms with Crippen molar-refractivity contribution in [3.8, 4) is 5.75 Å². The maximum atomic E-state index is 6.07. The van der Waals surface area contributed by atoms with Gasteiger partial charge in [-0.2, -0.15) is 0 Å². The van der Waals surface area contributed by atoms with E-state index in [0.717, 1.165) is 43.5 Å². The average molecular weight is 285 g/mol. The Morgan fingerprint density at radius 2 is 2.05 bits per heavy atom. The molecule has 1 aliphatic carbocycles. The third-order valence-corrected chi connectivity index (χ3v) is 4.94. The predicted octanol–water partition coefficient (Wildman–Crippen LogP) is 4.54. The molecule has 0 saturated heterocycles. The van der Waals surface area contributed by atoms with Gasteiger partial charge in [0, 0.05) is 18.8 Å².